The molecule has 6 nitrogen and oxygen atoms in total. The smallest absolute Gasteiger partial charge is 0.242 e. The predicted molar refractivity (Wildman–Crippen MR) is 80.4 cm³/mol. The van der Waals surface area contributed by atoms with Crippen LogP contribution in [0.2, 0.25) is 0 Å². The third-order valence-corrected chi connectivity index (χ3v) is 3.54. The topological polar surface area (TPSA) is 68.8 Å². The number of hydrogen-bond donors (Lipinski definition) is 2. The van der Waals surface area contributed by atoms with E-state index < -0.39 is 0 Å². The second-order valence-electron chi connectivity index (χ2n) is 4.90. The van der Waals surface area contributed by atoms with Gasteiger partial charge >= 0.3 is 0 Å². The quantitative estimate of drug-likeness (QED) is 0.866. The van der Waals surface area contributed by atoms with Crippen molar-refractivity contribution in [3.8, 4) is 17.2 Å². The van der Waals surface area contributed by atoms with Gasteiger partial charge in [-0.1, -0.05) is 0 Å². The summed E-state index contributed by atoms with van der Waals surface area (Å²) < 4.78 is 15.9. The Labute approximate surface area is 124 Å². The molecule has 1 aliphatic rings. The molecule has 1 aliphatic heterocycles. The molecule has 2 N–H and O–H groups in total. The Morgan fingerprint density at radius 2 is 1.76 bits per heavy atom. The van der Waals surface area contributed by atoms with Gasteiger partial charge in [-0.05, 0) is 19.3 Å². The zero-order valence-corrected chi connectivity index (χ0v) is 12.7. The van der Waals surface area contributed by atoms with Crippen LogP contribution >= 0.6 is 0 Å². The van der Waals surface area contributed by atoms with Crippen molar-refractivity contribution in [2.75, 3.05) is 33.2 Å². The number of carbonyl (C=O) groups excluding carboxylic acids is 1. The lowest BCUT2D eigenvalue weighted by molar-refractivity contribution is -0.121. The lowest BCUT2D eigenvalue weighted by atomic mass is 10.1. The summed E-state index contributed by atoms with van der Waals surface area (Å²) in [5.74, 6) is 1.69. The summed E-state index contributed by atoms with van der Waals surface area (Å²) in [5, 5.41) is 6.15. The van der Waals surface area contributed by atoms with E-state index in [1.807, 2.05) is 0 Å². The first-order valence-corrected chi connectivity index (χ1v) is 7.04. The Balaban J connectivity index is 2.24. The number of hydrogen-bond acceptors (Lipinski definition) is 5. The highest BCUT2D eigenvalue weighted by Crippen LogP contribution is 2.40. The Bertz CT molecular complexity index is 479. The van der Waals surface area contributed by atoms with Crippen molar-refractivity contribution in [2.45, 2.75) is 25.3 Å². The van der Waals surface area contributed by atoms with Gasteiger partial charge in [-0.25, -0.2) is 0 Å². The maximum atomic E-state index is 12.0. The van der Waals surface area contributed by atoms with Gasteiger partial charge in [0.1, 0.15) is 6.04 Å². The van der Waals surface area contributed by atoms with Crippen LogP contribution in [0.5, 0.6) is 17.2 Å². The molecular weight excluding hydrogens is 272 g/mol. The van der Waals surface area contributed by atoms with Gasteiger partial charge in [-0.3, -0.25) is 4.79 Å². The highest BCUT2D eigenvalue weighted by atomic mass is 16.5. The summed E-state index contributed by atoms with van der Waals surface area (Å²) in [6, 6.07) is 3.37. The van der Waals surface area contributed by atoms with Gasteiger partial charge in [0.15, 0.2) is 11.5 Å². The predicted octanol–water partition coefficient (Wildman–Crippen LogP) is 1.79. The monoisotopic (exact) mass is 294 g/mol. The van der Waals surface area contributed by atoms with E-state index in [2.05, 4.69) is 10.6 Å². The van der Waals surface area contributed by atoms with Crippen molar-refractivity contribution in [1.29, 1.82) is 0 Å². The van der Waals surface area contributed by atoms with Crippen molar-refractivity contribution in [3.63, 3.8) is 0 Å². The fourth-order valence-corrected chi connectivity index (χ4v) is 2.44. The fourth-order valence-electron chi connectivity index (χ4n) is 2.44. The number of nitrogens with one attached hydrogen (secondary N) is 2. The average Bonchev–Trinajstić information content (AvgIpc) is 2.71. The number of amides is 1. The second kappa shape index (κ2) is 7.06. The maximum absolute atomic E-state index is 12.0. The van der Waals surface area contributed by atoms with E-state index in [9.17, 15) is 4.79 Å². The van der Waals surface area contributed by atoms with Crippen molar-refractivity contribution in [1.82, 2.24) is 5.32 Å². The molecule has 21 heavy (non-hydrogen) atoms. The Morgan fingerprint density at radius 1 is 1.10 bits per heavy atom. The number of carbonyl (C=O) groups is 1. The van der Waals surface area contributed by atoms with Crippen LogP contribution in [0.4, 0.5) is 5.69 Å². The Hall–Kier alpha value is -2.11. The van der Waals surface area contributed by atoms with E-state index in [1.54, 1.807) is 33.5 Å². The van der Waals surface area contributed by atoms with Crippen molar-refractivity contribution in [2.24, 2.45) is 0 Å². The van der Waals surface area contributed by atoms with Gasteiger partial charge in [-0.2, -0.15) is 0 Å². The second-order valence-corrected chi connectivity index (χ2v) is 4.90. The van der Waals surface area contributed by atoms with E-state index in [-0.39, 0.29) is 11.9 Å². The number of methoxy groups -OCH3 is 3. The molecule has 0 bridgehead atoms. The SMILES string of the molecule is COc1cc(N[C@H]2CCCCNC2=O)cc(OC)c1OC. The standard InChI is InChI=1S/C15H22N2O4/c1-19-12-8-10(9-13(20-2)14(12)21-3)17-11-6-4-5-7-16-15(11)18/h8-9,11,17H,4-7H2,1-3H3,(H,16,18)/t11-/m0/s1. The van der Waals surface area contributed by atoms with Gasteiger partial charge in [0, 0.05) is 24.4 Å². The molecule has 2 rings (SSSR count). The summed E-state index contributed by atoms with van der Waals surface area (Å²) in [4.78, 5) is 12.0. The van der Waals surface area contributed by atoms with Gasteiger partial charge < -0.3 is 24.8 Å². The third-order valence-electron chi connectivity index (χ3n) is 3.54. The molecule has 1 aromatic rings. The number of anilines is 1. The number of ether oxygens (including phenoxy) is 3. The van der Waals surface area contributed by atoms with Crippen LogP contribution in [0.25, 0.3) is 0 Å². The molecular formula is C15H22N2O4. The van der Waals surface area contributed by atoms with Crippen LogP contribution in [-0.2, 0) is 4.79 Å². The normalized spacial score (nSPS) is 18.4. The molecule has 116 valence electrons. The minimum Gasteiger partial charge on any atom is -0.493 e. The molecule has 1 fully saturated rings. The summed E-state index contributed by atoms with van der Waals surface area (Å²) in [6.45, 7) is 0.742. The molecule has 0 radical (unpaired) electrons. The van der Waals surface area contributed by atoms with Crippen LogP contribution in [0.15, 0.2) is 12.1 Å². The van der Waals surface area contributed by atoms with E-state index >= 15 is 0 Å². The van der Waals surface area contributed by atoms with E-state index in [4.69, 9.17) is 14.2 Å². The van der Waals surface area contributed by atoms with Gasteiger partial charge in [0.2, 0.25) is 11.7 Å². The molecule has 1 saturated heterocycles. The zero-order chi connectivity index (χ0) is 15.2. The van der Waals surface area contributed by atoms with Crippen LogP contribution in [0.1, 0.15) is 19.3 Å². The molecule has 6 heteroatoms. The maximum Gasteiger partial charge on any atom is 0.242 e. The molecule has 0 spiro atoms. The van der Waals surface area contributed by atoms with Crippen LogP contribution < -0.4 is 24.8 Å². The zero-order valence-electron chi connectivity index (χ0n) is 12.7. The van der Waals surface area contributed by atoms with Crippen LogP contribution in [-0.4, -0.2) is 39.8 Å². The summed E-state index contributed by atoms with van der Waals surface area (Å²) in [5.41, 5.74) is 0.770. The molecule has 1 atom stereocenters. The van der Waals surface area contributed by atoms with E-state index in [1.165, 1.54) is 0 Å². The van der Waals surface area contributed by atoms with E-state index in [0.29, 0.717) is 17.2 Å². The molecule has 1 aromatic carbocycles. The largest absolute Gasteiger partial charge is 0.493 e. The van der Waals surface area contributed by atoms with Gasteiger partial charge in [-0.15, -0.1) is 0 Å². The highest BCUT2D eigenvalue weighted by Gasteiger charge is 2.21. The minimum absolute atomic E-state index is 0.0289. The summed E-state index contributed by atoms with van der Waals surface area (Å²) >= 11 is 0. The van der Waals surface area contributed by atoms with Crippen molar-refractivity contribution >= 4 is 11.6 Å². The Kier molecular flexibility index (Phi) is 5.14. The van der Waals surface area contributed by atoms with Gasteiger partial charge in [0.05, 0.1) is 21.3 Å². The van der Waals surface area contributed by atoms with Crippen LogP contribution in [0, 0.1) is 0 Å². The van der Waals surface area contributed by atoms with Crippen molar-refractivity contribution < 1.29 is 19.0 Å². The summed E-state index contributed by atoms with van der Waals surface area (Å²) in [7, 11) is 4.70. The molecule has 0 aliphatic carbocycles. The van der Waals surface area contributed by atoms with Gasteiger partial charge in [0.25, 0.3) is 0 Å². The molecule has 0 unspecified atom stereocenters. The first-order chi connectivity index (χ1) is 10.2. The summed E-state index contributed by atoms with van der Waals surface area (Å²) in [6.07, 6.45) is 2.84. The lowest BCUT2D eigenvalue weighted by Gasteiger charge is -2.19. The first kappa shape index (κ1) is 15.3. The average molecular weight is 294 g/mol. The minimum atomic E-state index is -0.240. The third kappa shape index (κ3) is 3.51. The number of rotatable bonds is 5. The molecule has 1 amide bonds. The molecule has 1 heterocycles. The first-order valence-electron chi connectivity index (χ1n) is 7.04. The fraction of sp³-hybridized carbons (Fsp3) is 0.533. The van der Waals surface area contributed by atoms with Crippen molar-refractivity contribution in [3.05, 3.63) is 12.1 Å². The van der Waals surface area contributed by atoms with Crippen LogP contribution in [0.3, 0.4) is 0 Å². The number of benzene rings is 1. The lowest BCUT2D eigenvalue weighted by Crippen LogP contribution is -2.37. The highest BCUT2D eigenvalue weighted by molar-refractivity contribution is 5.85. The molecule has 0 saturated carbocycles. The Morgan fingerprint density at radius 3 is 2.33 bits per heavy atom. The molecule has 0 aromatic heterocycles. The van der Waals surface area contributed by atoms with E-state index in [0.717, 1.165) is 31.5 Å².